The Morgan fingerprint density at radius 3 is 2.57 bits per heavy atom. The lowest BCUT2D eigenvalue weighted by Crippen LogP contribution is -2.18. The summed E-state index contributed by atoms with van der Waals surface area (Å²) >= 11 is 0. The van der Waals surface area contributed by atoms with Crippen LogP contribution in [0.15, 0.2) is 42.1 Å². The number of ketones is 1. The number of hydrogen-bond donors (Lipinski definition) is 1. The molecular weight excluding hydrogens is 174 g/mol. The van der Waals surface area contributed by atoms with Crippen molar-refractivity contribution in [1.82, 2.24) is 0 Å². The molecule has 2 nitrogen and oxygen atoms in total. The highest BCUT2D eigenvalue weighted by Gasteiger charge is 2.22. The van der Waals surface area contributed by atoms with E-state index in [4.69, 9.17) is 5.73 Å². The van der Waals surface area contributed by atoms with Crippen molar-refractivity contribution < 1.29 is 4.79 Å². The molecule has 0 aromatic heterocycles. The third-order valence-electron chi connectivity index (χ3n) is 2.59. The van der Waals surface area contributed by atoms with Crippen molar-refractivity contribution in [3.63, 3.8) is 0 Å². The molecular formula is C12H13NO. The highest BCUT2D eigenvalue weighted by molar-refractivity contribution is 5.96. The van der Waals surface area contributed by atoms with E-state index in [0.29, 0.717) is 5.70 Å². The summed E-state index contributed by atoms with van der Waals surface area (Å²) in [6, 6.07) is 9.88. The second kappa shape index (κ2) is 3.66. The topological polar surface area (TPSA) is 43.1 Å². The molecule has 2 rings (SSSR count). The predicted octanol–water partition coefficient (Wildman–Crippen LogP) is 1.98. The average Bonchev–Trinajstić information content (AvgIpc) is 2.19. The molecule has 0 fully saturated rings. The Kier molecular flexibility index (Phi) is 2.35. The van der Waals surface area contributed by atoms with Crippen molar-refractivity contribution in [3.05, 3.63) is 47.7 Å². The van der Waals surface area contributed by atoms with Gasteiger partial charge in [-0.1, -0.05) is 30.3 Å². The number of rotatable bonds is 1. The Bertz CT molecular complexity index is 367. The fourth-order valence-corrected chi connectivity index (χ4v) is 1.83. The standard InChI is InChI=1S/C12H13NO/c13-10-6-7-11(12(14)8-10)9-4-2-1-3-5-9/h1-5,8,11H,6-7,13H2. The van der Waals surface area contributed by atoms with Crippen LogP contribution in [-0.4, -0.2) is 5.78 Å². The summed E-state index contributed by atoms with van der Waals surface area (Å²) < 4.78 is 0. The fourth-order valence-electron chi connectivity index (χ4n) is 1.83. The first kappa shape index (κ1) is 9.00. The third kappa shape index (κ3) is 1.69. The molecule has 72 valence electrons. The van der Waals surface area contributed by atoms with Gasteiger partial charge in [0.25, 0.3) is 0 Å². The maximum atomic E-state index is 11.6. The zero-order valence-electron chi connectivity index (χ0n) is 7.94. The first-order valence-corrected chi connectivity index (χ1v) is 4.82. The van der Waals surface area contributed by atoms with E-state index in [1.807, 2.05) is 30.3 Å². The molecule has 1 aromatic carbocycles. The Labute approximate surface area is 83.4 Å². The van der Waals surface area contributed by atoms with Gasteiger partial charge in [-0.05, 0) is 18.4 Å². The van der Waals surface area contributed by atoms with Crippen molar-refractivity contribution in [2.75, 3.05) is 0 Å². The van der Waals surface area contributed by atoms with Gasteiger partial charge in [-0.3, -0.25) is 4.79 Å². The zero-order chi connectivity index (χ0) is 9.97. The highest BCUT2D eigenvalue weighted by atomic mass is 16.1. The summed E-state index contributed by atoms with van der Waals surface area (Å²) in [6.07, 6.45) is 3.23. The summed E-state index contributed by atoms with van der Waals surface area (Å²) in [4.78, 5) is 11.6. The van der Waals surface area contributed by atoms with Gasteiger partial charge in [0.2, 0.25) is 0 Å². The molecule has 0 heterocycles. The smallest absolute Gasteiger partial charge is 0.164 e. The quantitative estimate of drug-likeness (QED) is 0.730. The van der Waals surface area contributed by atoms with Crippen LogP contribution in [0.25, 0.3) is 0 Å². The molecule has 0 saturated carbocycles. The molecule has 1 aliphatic rings. The first-order chi connectivity index (χ1) is 6.77. The van der Waals surface area contributed by atoms with Crippen LogP contribution in [0.5, 0.6) is 0 Å². The molecule has 1 aliphatic carbocycles. The average molecular weight is 187 g/mol. The van der Waals surface area contributed by atoms with E-state index < -0.39 is 0 Å². The van der Waals surface area contributed by atoms with Gasteiger partial charge in [-0.15, -0.1) is 0 Å². The van der Waals surface area contributed by atoms with Crippen LogP contribution in [0.3, 0.4) is 0 Å². The number of benzene rings is 1. The van der Waals surface area contributed by atoms with E-state index in [0.717, 1.165) is 18.4 Å². The van der Waals surface area contributed by atoms with Crippen molar-refractivity contribution in [1.29, 1.82) is 0 Å². The van der Waals surface area contributed by atoms with Gasteiger partial charge in [-0.2, -0.15) is 0 Å². The molecule has 1 aromatic rings. The number of allylic oxidation sites excluding steroid dienone is 2. The van der Waals surface area contributed by atoms with Crippen LogP contribution >= 0.6 is 0 Å². The molecule has 2 heteroatoms. The number of carbonyl (C=O) groups is 1. The lowest BCUT2D eigenvalue weighted by Gasteiger charge is -2.18. The summed E-state index contributed by atoms with van der Waals surface area (Å²) in [5.74, 6) is 0.156. The van der Waals surface area contributed by atoms with Gasteiger partial charge < -0.3 is 5.73 Å². The Morgan fingerprint density at radius 1 is 1.21 bits per heavy atom. The van der Waals surface area contributed by atoms with Gasteiger partial charge in [0.05, 0.1) is 0 Å². The molecule has 1 unspecified atom stereocenters. The SMILES string of the molecule is NC1=CC(=O)C(c2ccccc2)CC1. The van der Waals surface area contributed by atoms with E-state index in [1.54, 1.807) is 6.08 Å². The van der Waals surface area contributed by atoms with E-state index in [-0.39, 0.29) is 11.7 Å². The molecule has 14 heavy (non-hydrogen) atoms. The molecule has 0 spiro atoms. The predicted molar refractivity (Wildman–Crippen MR) is 55.7 cm³/mol. The maximum absolute atomic E-state index is 11.6. The monoisotopic (exact) mass is 187 g/mol. The van der Waals surface area contributed by atoms with Crippen molar-refractivity contribution in [2.24, 2.45) is 5.73 Å². The molecule has 2 N–H and O–H groups in total. The van der Waals surface area contributed by atoms with E-state index >= 15 is 0 Å². The van der Waals surface area contributed by atoms with Gasteiger partial charge in [0, 0.05) is 17.7 Å². The highest BCUT2D eigenvalue weighted by Crippen LogP contribution is 2.27. The molecule has 0 bridgehead atoms. The largest absolute Gasteiger partial charge is 0.402 e. The van der Waals surface area contributed by atoms with Gasteiger partial charge >= 0.3 is 0 Å². The Hall–Kier alpha value is -1.57. The Morgan fingerprint density at radius 2 is 1.93 bits per heavy atom. The third-order valence-corrected chi connectivity index (χ3v) is 2.59. The Balaban J connectivity index is 2.26. The minimum absolute atomic E-state index is 0.0171. The van der Waals surface area contributed by atoms with Gasteiger partial charge in [0.15, 0.2) is 5.78 Å². The zero-order valence-corrected chi connectivity index (χ0v) is 7.94. The lowest BCUT2D eigenvalue weighted by atomic mass is 9.86. The van der Waals surface area contributed by atoms with Crippen LogP contribution in [0.1, 0.15) is 24.3 Å². The van der Waals surface area contributed by atoms with Crippen molar-refractivity contribution in [2.45, 2.75) is 18.8 Å². The molecule has 1 atom stereocenters. The second-order valence-electron chi connectivity index (χ2n) is 3.62. The maximum Gasteiger partial charge on any atom is 0.164 e. The van der Waals surface area contributed by atoms with Crippen LogP contribution in [0.2, 0.25) is 0 Å². The summed E-state index contributed by atoms with van der Waals surface area (Å²) in [7, 11) is 0. The summed E-state index contributed by atoms with van der Waals surface area (Å²) in [5, 5.41) is 0. The van der Waals surface area contributed by atoms with E-state index in [1.165, 1.54) is 0 Å². The molecule has 0 amide bonds. The van der Waals surface area contributed by atoms with Crippen LogP contribution in [0.4, 0.5) is 0 Å². The number of nitrogens with two attached hydrogens (primary N) is 1. The second-order valence-corrected chi connectivity index (χ2v) is 3.62. The number of hydrogen-bond acceptors (Lipinski definition) is 2. The van der Waals surface area contributed by atoms with E-state index in [9.17, 15) is 4.79 Å². The van der Waals surface area contributed by atoms with Gasteiger partial charge in [0.1, 0.15) is 0 Å². The summed E-state index contributed by atoms with van der Waals surface area (Å²) in [5.41, 5.74) is 7.41. The summed E-state index contributed by atoms with van der Waals surface area (Å²) in [6.45, 7) is 0. The number of carbonyl (C=O) groups excluding carboxylic acids is 1. The van der Waals surface area contributed by atoms with E-state index in [2.05, 4.69) is 0 Å². The molecule has 0 saturated heterocycles. The normalized spacial score (nSPS) is 21.9. The molecule has 0 aliphatic heterocycles. The molecule has 0 radical (unpaired) electrons. The first-order valence-electron chi connectivity index (χ1n) is 4.82. The van der Waals surface area contributed by atoms with Crippen LogP contribution in [-0.2, 0) is 4.79 Å². The van der Waals surface area contributed by atoms with Crippen LogP contribution < -0.4 is 5.73 Å². The van der Waals surface area contributed by atoms with Crippen molar-refractivity contribution in [3.8, 4) is 0 Å². The fraction of sp³-hybridized carbons (Fsp3) is 0.250. The van der Waals surface area contributed by atoms with Crippen molar-refractivity contribution >= 4 is 5.78 Å². The minimum atomic E-state index is 0.0171. The lowest BCUT2D eigenvalue weighted by molar-refractivity contribution is -0.116. The van der Waals surface area contributed by atoms with Gasteiger partial charge in [-0.25, -0.2) is 0 Å². The minimum Gasteiger partial charge on any atom is -0.402 e. The van der Waals surface area contributed by atoms with Crippen LogP contribution in [0, 0.1) is 0 Å².